The molecule has 2 aromatic heterocycles. The van der Waals surface area contributed by atoms with Gasteiger partial charge in [0, 0.05) is 23.6 Å². The number of rotatable bonds is 5. The van der Waals surface area contributed by atoms with Crippen LogP contribution >= 0.6 is 11.8 Å². The summed E-state index contributed by atoms with van der Waals surface area (Å²) in [7, 11) is 0. The highest BCUT2D eigenvalue weighted by atomic mass is 32.2. The second-order valence-corrected chi connectivity index (χ2v) is 5.83. The molecule has 0 radical (unpaired) electrons. The Morgan fingerprint density at radius 1 is 1.00 bits per heavy atom. The van der Waals surface area contributed by atoms with Gasteiger partial charge in [-0.3, -0.25) is 9.78 Å². The Morgan fingerprint density at radius 2 is 1.75 bits per heavy atom. The van der Waals surface area contributed by atoms with Crippen molar-refractivity contribution in [2.45, 2.75) is 5.03 Å². The fourth-order valence-electron chi connectivity index (χ4n) is 1.94. The summed E-state index contributed by atoms with van der Waals surface area (Å²) in [5, 5.41) is 11.6. The van der Waals surface area contributed by atoms with Gasteiger partial charge in [0.15, 0.2) is 0 Å². The van der Waals surface area contributed by atoms with E-state index >= 15 is 0 Å². The molecular formula is C17H13FN4OS. The fourth-order valence-corrected chi connectivity index (χ4v) is 2.56. The molecule has 1 amide bonds. The molecule has 0 aliphatic rings. The van der Waals surface area contributed by atoms with Gasteiger partial charge in [0.05, 0.1) is 11.4 Å². The number of pyridine rings is 1. The van der Waals surface area contributed by atoms with E-state index in [9.17, 15) is 9.18 Å². The second kappa shape index (κ2) is 7.65. The first-order valence-electron chi connectivity index (χ1n) is 7.13. The Kier molecular flexibility index (Phi) is 5.12. The monoisotopic (exact) mass is 340 g/mol. The summed E-state index contributed by atoms with van der Waals surface area (Å²) < 4.78 is 12.8. The van der Waals surface area contributed by atoms with Gasteiger partial charge in [0.1, 0.15) is 10.8 Å². The van der Waals surface area contributed by atoms with Crippen molar-refractivity contribution < 1.29 is 9.18 Å². The van der Waals surface area contributed by atoms with Crippen molar-refractivity contribution in [1.82, 2.24) is 15.2 Å². The maximum atomic E-state index is 12.8. The summed E-state index contributed by atoms with van der Waals surface area (Å²) >= 11 is 1.28. The average molecular weight is 340 g/mol. The standard InChI is InChI=1S/C17H13FN4OS/c18-13-1-3-14(4-2-13)20-16(23)11-24-17-6-5-15(21-22-17)12-7-9-19-10-8-12/h1-10H,11H2,(H,20,23). The largest absolute Gasteiger partial charge is 0.325 e. The van der Waals surface area contributed by atoms with Crippen molar-refractivity contribution in [3.05, 3.63) is 66.7 Å². The summed E-state index contributed by atoms with van der Waals surface area (Å²) in [5.74, 6) is -0.334. The molecule has 0 saturated heterocycles. The van der Waals surface area contributed by atoms with Gasteiger partial charge in [-0.2, -0.15) is 0 Å². The normalized spacial score (nSPS) is 10.4. The highest BCUT2D eigenvalue weighted by Crippen LogP contribution is 2.19. The summed E-state index contributed by atoms with van der Waals surface area (Å²) in [6.45, 7) is 0. The molecule has 24 heavy (non-hydrogen) atoms. The van der Waals surface area contributed by atoms with E-state index in [2.05, 4.69) is 20.5 Å². The number of hydrogen-bond donors (Lipinski definition) is 1. The predicted molar refractivity (Wildman–Crippen MR) is 91.0 cm³/mol. The van der Waals surface area contributed by atoms with Crippen molar-refractivity contribution in [3.8, 4) is 11.3 Å². The van der Waals surface area contributed by atoms with Crippen LogP contribution in [0.4, 0.5) is 10.1 Å². The first-order chi connectivity index (χ1) is 11.7. The number of aromatic nitrogens is 3. The van der Waals surface area contributed by atoms with Gasteiger partial charge >= 0.3 is 0 Å². The predicted octanol–water partition coefficient (Wildman–Crippen LogP) is 3.41. The number of thioether (sulfide) groups is 1. The zero-order valence-electron chi connectivity index (χ0n) is 12.5. The van der Waals surface area contributed by atoms with Crippen molar-refractivity contribution in [2.24, 2.45) is 0 Å². The minimum atomic E-state index is -0.341. The van der Waals surface area contributed by atoms with Gasteiger partial charge in [0.25, 0.3) is 0 Å². The van der Waals surface area contributed by atoms with Crippen LogP contribution in [0, 0.1) is 5.82 Å². The smallest absolute Gasteiger partial charge is 0.234 e. The lowest BCUT2D eigenvalue weighted by Gasteiger charge is -2.05. The number of nitrogens with one attached hydrogen (secondary N) is 1. The molecule has 3 rings (SSSR count). The number of amides is 1. The van der Waals surface area contributed by atoms with Crippen LogP contribution in [0.5, 0.6) is 0 Å². The van der Waals surface area contributed by atoms with Crippen LogP contribution in [-0.2, 0) is 4.79 Å². The SMILES string of the molecule is O=C(CSc1ccc(-c2ccncc2)nn1)Nc1ccc(F)cc1. The molecule has 0 saturated carbocycles. The molecule has 0 bridgehead atoms. The number of hydrogen-bond acceptors (Lipinski definition) is 5. The minimum Gasteiger partial charge on any atom is -0.325 e. The number of carbonyl (C=O) groups is 1. The van der Waals surface area contributed by atoms with E-state index < -0.39 is 0 Å². The zero-order chi connectivity index (χ0) is 16.8. The Balaban J connectivity index is 1.54. The van der Waals surface area contributed by atoms with E-state index in [1.165, 1.54) is 36.0 Å². The maximum Gasteiger partial charge on any atom is 0.234 e. The van der Waals surface area contributed by atoms with Crippen molar-refractivity contribution in [2.75, 3.05) is 11.1 Å². The average Bonchev–Trinajstić information content (AvgIpc) is 2.63. The third kappa shape index (κ3) is 4.36. The summed E-state index contributed by atoms with van der Waals surface area (Å²) in [6.07, 6.45) is 3.39. The molecule has 1 N–H and O–H groups in total. The molecule has 1 aromatic carbocycles. The molecule has 0 atom stereocenters. The Labute approximate surface area is 142 Å². The minimum absolute atomic E-state index is 0.188. The highest BCUT2D eigenvalue weighted by Gasteiger charge is 2.06. The first-order valence-corrected chi connectivity index (χ1v) is 8.11. The van der Waals surface area contributed by atoms with Gasteiger partial charge in [-0.25, -0.2) is 4.39 Å². The molecule has 7 heteroatoms. The molecule has 0 aliphatic carbocycles. The lowest BCUT2D eigenvalue weighted by molar-refractivity contribution is -0.113. The van der Waals surface area contributed by atoms with E-state index in [0.29, 0.717) is 10.7 Å². The molecular weight excluding hydrogens is 327 g/mol. The Morgan fingerprint density at radius 3 is 2.42 bits per heavy atom. The lowest BCUT2D eigenvalue weighted by Crippen LogP contribution is -2.14. The van der Waals surface area contributed by atoms with Crippen LogP contribution in [0.15, 0.2) is 66.0 Å². The van der Waals surface area contributed by atoms with Gasteiger partial charge < -0.3 is 5.32 Å². The van der Waals surface area contributed by atoms with Gasteiger partial charge in [-0.05, 0) is 48.5 Å². The van der Waals surface area contributed by atoms with E-state index in [4.69, 9.17) is 0 Å². The third-order valence-electron chi connectivity index (χ3n) is 3.10. The van der Waals surface area contributed by atoms with Crippen LogP contribution in [0.1, 0.15) is 0 Å². The molecule has 0 unspecified atom stereocenters. The van der Waals surface area contributed by atoms with Crippen LogP contribution < -0.4 is 5.32 Å². The van der Waals surface area contributed by atoms with Crippen LogP contribution in [-0.4, -0.2) is 26.8 Å². The Hall–Kier alpha value is -2.80. The third-order valence-corrected chi connectivity index (χ3v) is 4.02. The van der Waals surface area contributed by atoms with E-state index in [1.54, 1.807) is 12.4 Å². The van der Waals surface area contributed by atoms with Crippen molar-refractivity contribution in [1.29, 1.82) is 0 Å². The molecule has 0 aliphatic heterocycles. The summed E-state index contributed by atoms with van der Waals surface area (Å²) in [6, 6.07) is 13.0. The summed E-state index contributed by atoms with van der Waals surface area (Å²) in [4.78, 5) is 15.8. The van der Waals surface area contributed by atoms with Crippen LogP contribution in [0.25, 0.3) is 11.3 Å². The molecule has 2 heterocycles. The van der Waals surface area contributed by atoms with Crippen molar-refractivity contribution >= 4 is 23.4 Å². The maximum absolute atomic E-state index is 12.8. The van der Waals surface area contributed by atoms with Gasteiger partial charge in [0.2, 0.25) is 5.91 Å². The molecule has 120 valence electrons. The van der Waals surface area contributed by atoms with Crippen LogP contribution in [0.2, 0.25) is 0 Å². The fraction of sp³-hybridized carbons (Fsp3) is 0.0588. The topological polar surface area (TPSA) is 67.8 Å². The van der Waals surface area contributed by atoms with E-state index in [-0.39, 0.29) is 17.5 Å². The second-order valence-electron chi connectivity index (χ2n) is 4.84. The quantitative estimate of drug-likeness (QED) is 0.721. The van der Waals surface area contributed by atoms with Gasteiger partial charge in [-0.15, -0.1) is 10.2 Å². The number of anilines is 1. The molecule has 3 aromatic rings. The number of benzene rings is 1. The number of nitrogens with zero attached hydrogens (tertiary/aromatic N) is 3. The molecule has 5 nitrogen and oxygen atoms in total. The molecule has 0 fully saturated rings. The lowest BCUT2D eigenvalue weighted by atomic mass is 10.2. The zero-order valence-corrected chi connectivity index (χ0v) is 13.3. The first kappa shape index (κ1) is 16.1. The number of carbonyl (C=O) groups excluding carboxylic acids is 1. The van der Waals surface area contributed by atoms with Crippen LogP contribution in [0.3, 0.4) is 0 Å². The highest BCUT2D eigenvalue weighted by molar-refractivity contribution is 7.99. The van der Waals surface area contributed by atoms with Gasteiger partial charge in [-0.1, -0.05) is 11.8 Å². The Bertz CT molecular complexity index is 810. The van der Waals surface area contributed by atoms with Crippen molar-refractivity contribution in [3.63, 3.8) is 0 Å². The summed E-state index contributed by atoms with van der Waals surface area (Å²) in [5.41, 5.74) is 2.24. The number of halogens is 1. The molecule has 0 spiro atoms. The van der Waals surface area contributed by atoms with E-state index in [0.717, 1.165) is 11.3 Å². The van der Waals surface area contributed by atoms with E-state index in [1.807, 2.05) is 24.3 Å².